The third-order valence-corrected chi connectivity index (χ3v) is 3.64. The molecule has 0 unspecified atom stereocenters. The van der Waals surface area contributed by atoms with Crippen LogP contribution in [0.25, 0.3) is 0 Å². The third kappa shape index (κ3) is 3.54. The van der Waals surface area contributed by atoms with Crippen LogP contribution in [0.1, 0.15) is 57.1 Å². The number of carbonyl (C=O) groups is 1. The van der Waals surface area contributed by atoms with Crippen molar-refractivity contribution in [1.29, 1.82) is 0 Å². The maximum absolute atomic E-state index is 12.4. The van der Waals surface area contributed by atoms with E-state index in [0.717, 1.165) is 12.1 Å². The molecule has 3 heteroatoms. The quantitative estimate of drug-likeness (QED) is 0.813. The Morgan fingerprint density at radius 1 is 1.05 bits per heavy atom. The molecule has 1 aromatic carbocycles. The number of hydrogen-bond donors (Lipinski definition) is 1. The fraction of sp³-hybridized carbons (Fsp3) is 0.389. The molecule has 21 heavy (non-hydrogen) atoms. The number of carbonyl (C=O) groups excluding carboxylic acids is 1. The van der Waals surface area contributed by atoms with Crippen molar-refractivity contribution in [2.24, 2.45) is 0 Å². The maximum Gasteiger partial charge on any atom is 0.329 e. The van der Waals surface area contributed by atoms with Gasteiger partial charge in [-0.05, 0) is 29.4 Å². The molecule has 0 fully saturated rings. The van der Waals surface area contributed by atoms with Crippen LogP contribution in [0, 0.1) is 0 Å². The van der Waals surface area contributed by atoms with E-state index in [1.807, 2.05) is 24.6 Å². The minimum absolute atomic E-state index is 0.114. The molecule has 112 valence electrons. The predicted molar refractivity (Wildman–Crippen MR) is 88.4 cm³/mol. The van der Waals surface area contributed by atoms with Gasteiger partial charge in [-0.2, -0.15) is 0 Å². The minimum Gasteiger partial charge on any atom is -0.307 e. The zero-order chi connectivity index (χ0) is 15.4. The highest BCUT2D eigenvalue weighted by Crippen LogP contribution is 2.32. The second-order valence-corrected chi connectivity index (χ2v) is 5.96. The van der Waals surface area contributed by atoms with Crippen molar-refractivity contribution >= 4 is 11.7 Å². The monoisotopic (exact) mass is 284 g/mol. The number of anilines is 1. The first-order valence-corrected chi connectivity index (χ1v) is 7.56. The van der Waals surface area contributed by atoms with Gasteiger partial charge < -0.3 is 5.32 Å². The molecular formula is C18H24N2O. The number of urea groups is 1. The van der Waals surface area contributed by atoms with Crippen molar-refractivity contribution < 1.29 is 4.79 Å². The molecule has 0 aromatic heterocycles. The number of amides is 2. The highest BCUT2D eigenvalue weighted by Gasteiger charge is 2.17. The maximum atomic E-state index is 12.4. The van der Waals surface area contributed by atoms with Crippen LogP contribution in [0.15, 0.2) is 42.8 Å². The van der Waals surface area contributed by atoms with E-state index in [1.165, 1.54) is 11.1 Å². The lowest BCUT2D eigenvalue weighted by Gasteiger charge is -2.23. The van der Waals surface area contributed by atoms with Gasteiger partial charge in [0.1, 0.15) is 0 Å². The normalized spacial score (nSPS) is 14.1. The Bertz CT molecular complexity index is 532. The van der Waals surface area contributed by atoms with Gasteiger partial charge in [-0.15, -0.1) is 0 Å². The van der Waals surface area contributed by atoms with Crippen molar-refractivity contribution in [2.45, 2.75) is 46.0 Å². The molecular weight excluding hydrogens is 260 g/mol. The summed E-state index contributed by atoms with van der Waals surface area (Å²) in [4.78, 5) is 14.0. The molecule has 1 aliphatic heterocycles. The zero-order valence-corrected chi connectivity index (χ0v) is 13.3. The summed E-state index contributed by atoms with van der Waals surface area (Å²) < 4.78 is 0. The molecule has 0 spiro atoms. The molecule has 2 amide bonds. The average Bonchev–Trinajstić information content (AvgIpc) is 2.47. The first-order valence-electron chi connectivity index (χ1n) is 7.56. The van der Waals surface area contributed by atoms with E-state index in [0.29, 0.717) is 11.8 Å². The van der Waals surface area contributed by atoms with Gasteiger partial charge >= 0.3 is 6.03 Å². The highest BCUT2D eigenvalue weighted by molar-refractivity contribution is 5.92. The van der Waals surface area contributed by atoms with Gasteiger partial charge in [0.25, 0.3) is 0 Å². The van der Waals surface area contributed by atoms with E-state index >= 15 is 0 Å². The summed E-state index contributed by atoms with van der Waals surface area (Å²) >= 11 is 0. The van der Waals surface area contributed by atoms with Crippen LogP contribution in [-0.2, 0) is 0 Å². The lowest BCUT2D eigenvalue weighted by Crippen LogP contribution is -2.28. The molecule has 1 heterocycles. The Kier molecular flexibility index (Phi) is 4.84. The molecule has 0 bridgehead atoms. The molecule has 2 rings (SSSR count). The second-order valence-electron chi connectivity index (χ2n) is 5.96. The van der Waals surface area contributed by atoms with Crippen molar-refractivity contribution in [3.05, 3.63) is 53.9 Å². The summed E-state index contributed by atoms with van der Waals surface area (Å²) in [6.07, 6.45) is 8.43. The van der Waals surface area contributed by atoms with Crippen LogP contribution >= 0.6 is 0 Å². The van der Waals surface area contributed by atoms with Gasteiger partial charge in [-0.1, -0.05) is 58.0 Å². The largest absolute Gasteiger partial charge is 0.329 e. The smallest absolute Gasteiger partial charge is 0.307 e. The van der Waals surface area contributed by atoms with Crippen LogP contribution in [0.2, 0.25) is 0 Å². The van der Waals surface area contributed by atoms with E-state index in [2.05, 4.69) is 51.2 Å². The Morgan fingerprint density at radius 3 is 2.05 bits per heavy atom. The van der Waals surface area contributed by atoms with Gasteiger partial charge in [-0.3, -0.25) is 4.90 Å². The number of benzene rings is 1. The van der Waals surface area contributed by atoms with Gasteiger partial charge in [-0.25, -0.2) is 4.79 Å². The average molecular weight is 284 g/mol. The molecule has 3 nitrogen and oxygen atoms in total. The molecule has 1 aromatic rings. The number of allylic oxidation sites excluding steroid dienone is 2. The summed E-state index contributed by atoms with van der Waals surface area (Å²) in [5, 5.41) is 3.10. The molecule has 1 aliphatic rings. The van der Waals surface area contributed by atoms with Crippen molar-refractivity contribution in [1.82, 2.24) is 4.90 Å². The topological polar surface area (TPSA) is 32.3 Å². The van der Waals surface area contributed by atoms with Gasteiger partial charge in [0, 0.05) is 18.1 Å². The fourth-order valence-corrected chi connectivity index (χ4v) is 2.48. The van der Waals surface area contributed by atoms with E-state index in [-0.39, 0.29) is 6.03 Å². The summed E-state index contributed by atoms with van der Waals surface area (Å²) in [7, 11) is 0. The SMILES string of the molecule is CC(C)c1cccc(C(C)C)c1NC(=O)N1C=CCC=C1. The van der Waals surface area contributed by atoms with Crippen LogP contribution in [-0.4, -0.2) is 10.9 Å². The van der Waals surface area contributed by atoms with Gasteiger partial charge in [0.15, 0.2) is 0 Å². The van der Waals surface area contributed by atoms with E-state index in [4.69, 9.17) is 0 Å². The molecule has 0 radical (unpaired) electrons. The number of hydrogen-bond acceptors (Lipinski definition) is 1. The summed E-state index contributed by atoms with van der Waals surface area (Å²) in [6.45, 7) is 8.59. The van der Waals surface area contributed by atoms with Crippen LogP contribution < -0.4 is 5.32 Å². The summed E-state index contributed by atoms with van der Waals surface area (Å²) in [5.41, 5.74) is 3.32. The number of para-hydroxylation sites is 1. The molecule has 1 N–H and O–H groups in total. The lowest BCUT2D eigenvalue weighted by atomic mass is 9.93. The Balaban J connectivity index is 2.33. The minimum atomic E-state index is -0.114. The van der Waals surface area contributed by atoms with Crippen molar-refractivity contribution in [3.8, 4) is 0 Å². The second kappa shape index (κ2) is 6.61. The Labute approximate surface area is 127 Å². The first kappa shape index (κ1) is 15.4. The number of nitrogens with one attached hydrogen (secondary N) is 1. The van der Waals surface area contributed by atoms with E-state index in [1.54, 1.807) is 4.90 Å². The van der Waals surface area contributed by atoms with Gasteiger partial charge in [0.2, 0.25) is 0 Å². The highest BCUT2D eigenvalue weighted by atomic mass is 16.2. The van der Waals surface area contributed by atoms with E-state index < -0.39 is 0 Å². The Hall–Kier alpha value is -2.03. The third-order valence-electron chi connectivity index (χ3n) is 3.64. The van der Waals surface area contributed by atoms with Crippen molar-refractivity contribution in [2.75, 3.05) is 5.32 Å². The predicted octanol–water partition coefficient (Wildman–Crippen LogP) is 5.20. The zero-order valence-electron chi connectivity index (χ0n) is 13.3. The standard InChI is InChI=1S/C18H24N2O/c1-13(2)15-9-8-10-16(14(3)4)17(15)19-18(21)20-11-6-5-7-12-20/h6-14H,5H2,1-4H3,(H,19,21). The van der Waals surface area contributed by atoms with Gasteiger partial charge in [0.05, 0.1) is 0 Å². The van der Waals surface area contributed by atoms with E-state index in [9.17, 15) is 4.79 Å². The van der Waals surface area contributed by atoms with Crippen LogP contribution in [0.5, 0.6) is 0 Å². The summed E-state index contributed by atoms with van der Waals surface area (Å²) in [5.74, 6) is 0.734. The number of rotatable bonds is 3. The van der Waals surface area contributed by atoms with Crippen LogP contribution in [0.4, 0.5) is 10.5 Å². The summed E-state index contributed by atoms with van der Waals surface area (Å²) in [6, 6.07) is 6.14. The fourth-order valence-electron chi connectivity index (χ4n) is 2.48. The Morgan fingerprint density at radius 2 is 1.57 bits per heavy atom. The molecule has 0 aliphatic carbocycles. The molecule has 0 atom stereocenters. The van der Waals surface area contributed by atoms with Crippen LogP contribution in [0.3, 0.4) is 0 Å². The molecule has 0 saturated heterocycles. The lowest BCUT2D eigenvalue weighted by molar-refractivity contribution is 0.238. The van der Waals surface area contributed by atoms with Crippen molar-refractivity contribution in [3.63, 3.8) is 0 Å². The number of nitrogens with zero attached hydrogens (tertiary/aromatic N) is 1. The molecule has 0 saturated carbocycles. The first-order chi connectivity index (χ1) is 10.0.